The van der Waals surface area contributed by atoms with Gasteiger partial charge in [-0.1, -0.05) is 0 Å². The van der Waals surface area contributed by atoms with Crippen molar-refractivity contribution >= 4 is 22.9 Å². The zero-order valence-corrected chi connectivity index (χ0v) is 11.5. The molecule has 0 aliphatic carbocycles. The van der Waals surface area contributed by atoms with Crippen molar-refractivity contribution in [1.82, 2.24) is 19.5 Å². The summed E-state index contributed by atoms with van der Waals surface area (Å²) in [6.45, 7) is 0. The van der Waals surface area contributed by atoms with Gasteiger partial charge in [-0.3, -0.25) is 14.3 Å². The summed E-state index contributed by atoms with van der Waals surface area (Å²) in [7, 11) is 1.61. The van der Waals surface area contributed by atoms with Gasteiger partial charge < -0.3 is 4.98 Å². The van der Waals surface area contributed by atoms with Gasteiger partial charge in [-0.15, -0.1) is 0 Å². The standard InChI is InChI=1S/C12H16N4O2S/c1-16-10-9(11(17)15-12(16)18)13-8(14-10)6-7-2-4-19-5-3-7/h7H,2-6H2,1H3,(H,13,14)(H,15,17,18). The number of rotatable bonds is 2. The molecule has 2 aromatic heterocycles. The third kappa shape index (κ3) is 2.34. The average molecular weight is 280 g/mol. The molecule has 0 amide bonds. The van der Waals surface area contributed by atoms with E-state index in [-0.39, 0.29) is 0 Å². The van der Waals surface area contributed by atoms with Crippen LogP contribution in [0.4, 0.5) is 0 Å². The van der Waals surface area contributed by atoms with Crippen LogP contribution in [0.25, 0.3) is 11.2 Å². The van der Waals surface area contributed by atoms with Gasteiger partial charge in [0.1, 0.15) is 11.3 Å². The van der Waals surface area contributed by atoms with Crippen molar-refractivity contribution < 1.29 is 0 Å². The number of hydrogen-bond donors (Lipinski definition) is 2. The van der Waals surface area contributed by atoms with E-state index in [1.165, 1.54) is 28.9 Å². The lowest BCUT2D eigenvalue weighted by Gasteiger charge is -2.19. The number of nitrogens with zero attached hydrogens (tertiary/aromatic N) is 2. The highest BCUT2D eigenvalue weighted by Gasteiger charge is 2.17. The first-order valence-electron chi connectivity index (χ1n) is 6.41. The van der Waals surface area contributed by atoms with Crippen LogP contribution in [0.3, 0.4) is 0 Å². The maximum absolute atomic E-state index is 11.7. The lowest BCUT2D eigenvalue weighted by atomic mass is 9.99. The number of aryl methyl sites for hydroxylation is 1. The number of hydrogen-bond acceptors (Lipinski definition) is 4. The van der Waals surface area contributed by atoms with Crippen LogP contribution in [0.5, 0.6) is 0 Å². The van der Waals surface area contributed by atoms with Crippen LogP contribution >= 0.6 is 11.8 Å². The second kappa shape index (κ2) is 4.88. The highest BCUT2D eigenvalue weighted by atomic mass is 32.2. The molecular formula is C12H16N4O2S. The topological polar surface area (TPSA) is 83.5 Å². The van der Waals surface area contributed by atoms with Gasteiger partial charge in [-0.25, -0.2) is 9.78 Å². The first-order valence-corrected chi connectivity index (χ1v) is 7.56. The quantitative estimate of drug-likeness (QED) is 0.845. The van der Waals surface area contributed by atoms with E-state index < -0.39 is 11.2 Å². The van der Waals surface area contributed by atoms with Crippen molar-refractivity contribution in [2.24, 2.45) is 13.0 Å². The fourth-order valence-corrected chi connectivity index (χ4v) is 3.68. The van der Waals surface area contributed by atoms with E-state index in [2.05, 4.69) is 15.0 Å². The fraction of sp³-hybridized carbons (Fsp3) is 0.583. The van der Waals surface area contributed by atoms with E-state index in [9.17, 15) is 9.59 Å². The highest BCUT2D eigenvalue weighted by molar-refractivity contribution is 7.99. The predicted molar refractivity (Wildman–Crippen MR) is 75.7 cm³/mol. The highest BCUT2D eigenvalue weighted by Crippen LogP contribution is 2.25. The molecule has 0 aromatic carbocycles. The number of imidazole rings is 1. The van der Waals surface area contributed by atoms with Crippen LogP contribution in [0.1, 0.15) is 18.7 Å². The number of H-pyrrole nitrogens is 2. The molecule has 0 saturated carbocycles. The largest absolute Gasteiger partial charge is 0.336 e. The Labute approximate surface area is 113 Å². The van der Waals surface area contributed by atoms with Crippen LogP contribution < -0.4 is 11.2 Å². The Balaban J connectivity index is 1.97. The molecule has 1 aliphatic heterocycles. The molecule has 3 rings (SSSR count). The van der Waals surface area contributed by atoms with Gasteiger partial charge in [-0.2, -0.15) is 11.8 Å². The lowest BCUT2D eigenvalue weighted by molar-refractivity contribution is 0.478. The number of aromatic amines is 2. The van der Waals surface area contributed by atoms with Crippen LogP contribution in [0, 0.1) is 5.92 Å². The van der Waals surface area contributed by atoms with Gasteiger partial charge in [0, 0.05) is 13.5 Å². The number of fused-ring (bicyclic) bond motifs is 1. The number of thioether (sulfide) groups is 1. The van der Waals surface area contributed by atoms with Gasteiger partial charge in [0.05, 0.1) is 0 Å². The van der Waals surface area contributed by atoms with E-state index in [4.69, 9.17) is 0 Å². The van der Waals surface area contributed by atoms with Gasteiger partial charge >= 0.3 is 5.69 Å². The minimum atomic E-state index is -0.426. The molecule has 1 saturated heterocycles. The van der Waals surface area contributed by atoms with Crippen molar-refractivity contribution in [3.05, 3.63) is 26.7 Å². The Morgan fingerprint density at radius 1 is 1.32 bits per heavy atom. The van der Waals surface area contributed by atoms with Crippen molar-refractivity contribution in [2.75, 3.05) is 11.5 Å². The first kappa shape index (κ1) is 12.5. The molecule has 0 spiro atoms. The summed E-state index contributed by atoms with van der Waals surface area (Å²) < 4.78 is 1.37. The second-order valence-electron chi connectivity index (χ2n) is 4.96. The van der Waals surface area contributed by atoms with Crippen LogP contribution in [0.15, 0.2) is 9.59 Å². The van der Waals surface area contributed by atoms with Crippen molar-refractivity contribution in [3.63, 3.8) is 0 Å². The molecule has 3 heterocycles. The van der Waals surface area contributed by atoms with Crippen LogP contribution in [0.2, 0.25) is 0 Å². The van der Waals surface area contributed by atoms with E-state index in [1.54, 1.807) is 7.05 Å². The molecule has 102 valence electrons. The molecule has 6 nitrogen and oxygen atoms in total. The molecule has 1 fully saturated rings. The molecule has 2 aromatic rings. The Morgan fingerprint density at radius 2 is 2.05 bits per heavy atom. The summed E-state index contributed by atoms with van der Waals surface area (Å²) in [6, 6.07) is 0. The van der Waals surface area contributed by atoms with E-state index in [1.807, 2.05) is 11.8 Å². The molecular weight excluding hydrogens is 264 g/mol. The Kier molecular flexibility index (Phi) is 3.22. The van der Waals surface area contributed by atoms with E-state index >= 15 is 0 Å². The summed E-state index contributed by atoms with van der Waals surface area (Å²) in [6.07, 6.45) is 3.23. The zero-order chi connectivity index (χ0) is 13.4. The molecule has 0 atom stereocenters. The SMILES string of the molecule is Cn1c(=O)[nH]c(=O)c2[nH]c(CC3CCSCC3)nc21. The van der Waals surface area contributed by atoms with Crippen LogP contribution in [-0.4, -0.2) is 31.0 Å². The molecule has 1 aliphatic rings. The van der Waals surface area contributed by atoms with Gasteiger partial charge in [0.15, 0.2) is 5.65 Å². The maximum atomic E-state index is 11.7. The summed E-state index contributed by atoms with van der Waals surface area (Å²) in [5, 5.41) is 0. The molecule has 0 unspecified atom stereocenters. The summed E-state index contributed by atoms with van der Waals surface area (Å²) in [5.74, 6) is 3.82. The summed E-state index contributed by atoms with van der Waals surface area (Å²) in [4.78, 5) is 33.0. The lowest BCUT2D eigenvalue weighted by Crippen LogP contribution is -2.28. The Bertz CT molecular complexity index is 709. The third-order valence-electron chi connectivity index (χ3n) is 3.63. The molecule has 0 bridgehead atoms. The zero-order valence-electron chi connectivity index (χ0n) is 10.7. The van der Waals surface area contributed by atoms with Crippen molar-refractivity contribution in [2.45, 2.75) is 19.3 Å². The number of nitrogens with one attached hydrogen (secondary N) is 2. The minimum absolute atomic E-state index is 0.391. The van der Waals surface area contributed by atoms with Crippen molar-refractivity contribution in [1.29, 1.82) is 0 Å². The normalized spacial score (nSPS) is 17.1. The summed E-state index contributed by atoms with van der Waals surface area (Å²) in [5.41, 5.74) is 0.0110. The van der Waals surface area contributed by atoms with Crippen LogP contribution in [-0.2, 0) is 13.5 Å². The van der Waals surface area contributed by atoms with Gasteiger partial charge in [0.25, 0.3) is 5.56 Å². The second-order valence-corrected chi connectivity index (χ2v) is 6.19. The smallest absolute Gasteiger partial charge is 0.329 e. The van der Waals surface area contributed by atoms with E-state index in [0.717, 1.165) is 12.2 Å². The average Bonchev–Trinajstić information content (AvgIpc) is 2.82. The predicted octanol–water partition coefficient (Wildman–Crippen LogP) is 0.636. The Morgan fingerprint density at radius 3 is 2.79 bits per heavy atom. The minimum Gasteiger partial charge on any atom is -0.336 e. The first-order chi connectivity index (χ1) is 9.15. The maximum Gasteiger partial charge on any atom is 0.329 e. The molecule has 19 heavy (non-hydrogen) atoms. The fourth-order valence-electron chi connectivity index (χ4n) is 2.47. The molecule has 7 heteroatoms. The third-order valence-corrected chi connectivity index (χ3v) is 4.68. The molecule has 2 N–H and O–H groups in total. The number of aromatic nitrogens is 4. The van der Waals surface area contributed by atoms with Gasteiger partial charge in [0.2, 0.25) is 0 Å². The molecule has 0 radical (unpaired) electrons. The monoisotopic (exact) mass is 280 g/mol. The Hall–Kier alpha value is -1.50. The van der Waals surface area contributed by atoms with Crippen molar-refractivity contribution in [3.8, 4) is 0 Å². The summed E-state index contributed by atoms with van der Waals surface area (Å²) >= 11 is 1.99. The van der Waals surface area contributed by atoms with Gasteiger partial charge in [-0.05, 0) is 30.3 Å². The van der Waals surface area contributed by atoms with E-state index in [0.29, 0.717) is 17.1 Å².